The van der Waals surface area contributed by atoms with Crippen LogP contribution in [0, 0.1) is 0 Å². The predicted molar refractivity (Wildman–Crippen MR) is 158 cm³/mol. The summed E-state index contributed by atoms with van der Waals surface area (Å²) in [6, 6.07) is 0. The minimum Gasteiger partial charge on any atom is -0.861 e. The van der Waals surface area contributed by atoms with Crippen molar-refractivity contribution >= 4 is 43.4 Å². The van der Waals surface area contributed by atoms with Crippen molar-refractivity contribution in [3.05, 3.63) is 0 Å². The zero-order valence-corrected chi connectivity index (χ0v) is 30.2. The highest BCUT2D eigenvalue weighted by Gasteiger charge is 2.30. The largest absolute Gasteiger partial charge is 0.861 e. The lowest BCUT2D eigenvalue weighted by Crippen LogP contribution is -2.75. The van der Waals surface area contributed by atoms with Crippen molar-refractivity contribution in [1.82, 2.24) is 38.7 Å². The highest BCUT2D eigenvalue weighted by atomic mass is 32.2. The zero-order valence-electron chi connectivity index (χ0n) is 26.7. The molecule has 0 bridgehead atoms. The number of halogens is 2. The van der Waals surface area contributed by atoms with E-state index in [1.165, 1.54) is 0 Å². The monoisotopic (exact) mass is 635 g/mol. The van der Waals surface area contributed by atoms with Crippen LogP contribution in [0.5, 0.6) is 0 Å². The summed E-state index contributed by atoms with van der Waals surface area (Å²) in [4.78, 5) is 27.7. The molecular formula is C19H55F2N9O4S3Si. The van der Waals surface area contributed by atoms with Gasteiger partial charge in [0, 0.05) is 127 Å². The molecule has 0 rings (SSSR count). The second kappa shape index (κ2) is 23.2. The van der Waals surface area contributed by atoms with E-state index in [1.807, 2.05) is 0 Å². The minimum atomic E-state index is -5.72. The average molecular weight is 636 g/mol. The predicted octanol–water partition coefficient (Wildman–Crippen LogP) is -3.15. The molecule has 0 aliphatic heterocycles. The van der Waals surface area contributed by atoms with Crippen molar-refractivity contribution in [2.75, 3.05) is 127 Å². The van der Waals surface area contributed by atoms with Crippen molar-refractivity contribution in [1.29, 1.82) is 0 Å². The van der Waals surface area contributed by atoms with Crippen LogP contribution in [-0.4, -0.2) is 181 Å². The van der Waals surface area contributed by atoms with Gasteiger partial charge in [0.05, 0.1) is 0 Å². The fourth-order valence-corrected chi connectivity index (χ4v) is 9.15. The van der Waals surface area contributed by atoms with Gasteiger partial charge < -0.3 is 18.8 Å². The van der Waals surface area contributed by atoms with E-state index < -0.39 is 15.7 Å². The van der Waals surface area contributed by atoms with E-state index in [2.05, 4.69) is 170 Å². The van der Waals surface area contributed by atoms with E-state index in [1.54, 1.807) is 0 Å². The molecule has 0 aromatic heterocycles. The van der Waals surface area contributed by atoms with Gasteiger partial charge >= 0.3 is 6.61 Å². The maximum absolute atomic E-state index is 10.7. The molecule has 13 nitrogen and oxygen atoms in total. The molecule has 0 aliphatic carbocycles. The Morgan fingerprint density at radius 1 is 0.421 bits per heavy atom. The smallest absolute Gasteiger partial charge is 0.332 e. The Labute approximate surface area is 242 Å². The SMILES string of the molecule is CN(C)[S+](N(C)C)N(C)C.CN(C)[S+](N(C)C)N(C)C.CN(C)[S+](N(C)C)N(C)C.[O-][Si]([O-])([O-])OC(F)F. The van der Waals surface area contributed by atoms with Crippen molar-refractivity contribution in [2.24, 2.45) is 0 Å². The van der Waals surface area contributed by atoms with Crippen LogP contribution in [0.3, 0.4) is 0 Å². The first kappa shape index (κ1) is 45.6. The number of alkyl halides is 2. The minimum absolute atomic E-state index is 0.120. The molecule has 0 aromatic carbocycles. The summed E-state index contributed by atoms with van der Waals surface area (Å²) in [5.74, 6) is 0. The van der Waals surface area contributed by atoms with E-state index in [0.29, 0.717) is 0 Å². The first-order valence-electron chi connectivity index (χ1n) is 11.2. The fourth-order valence-electron chi connectivity index (χ4n) is 3.05. The van der Waals surface area contributed by atoms with E-state index >= 15 is 0 Å². The third-order valence-corrected chi connectivity index (χ3v) is 9.52. The lowest BCUT2D eigenvalue weighted by Gasteiger charge is -2.53. The number of hydrogen-bond donors (Lipinski definition) is 0. The van der Waals surface area contributed by atoms with Gasteiger partial charge in [-0.15, -0.1) is 9.05 Å². The number of hydrogen-bond acceptors (Lipinski definition) is 13. The van der Waals surface area contributed by atoms with Crippen LogP contribution in [0.4, 0.5) is 8.78 Å². The van der Waals surface area contributed by atoms with E-state index in [0.717, 1.165) is 0 Å². The molecule has 0 N–H and O–H groups in total. The summed E-state index contributed by atoms with van der Waals surface area (Å²) in [5, 5.41) is 0. The normalized spacial score (nSPS) is 12.6. The molecule has 38 heavy (non-hydrogen) atoms. The average Bonchev–Trinajstić information content (AvgIpc) is 2.57. The van der Waals surface area contributed by atoms with Gasteiger partial charge in [0.2, 0.25) is 0 Å². The first-order valence-corrected chi connectivity index (χ1v) is 16.1. The van der Waals surface area contributed by atoms with Crippen LogP contribution in [0.15, 0.2) is 0 Å². The Morgan fingerprint density at radius 2 is 0.553 bits per heavy atom. The zero-order chi connectivity index (χ0) is 31.7. The van der Waals surface area contributed by atoms with Gasteiger partial charge in [0.25, 0.3) is 34.4 Å². The molecule has 0 atom stereocenters. The third-order valence-electron chi connectivity index (χ3n) is 3.17. The van der Waals surface area contributed by atoms with Crippen molar-refractivity contribution in [3.8, 4) is 0 Å². The van der Waals surface area contributed by atoms with Gasteiger partial charge in [-0.2, -0.15) is 8.78 Å². The molecule has 0 radical (unpaired) electrons. The van der Waals surface area contributed by atoms with Crippen LogP contribution >= 0.6 is 0 Å². The lowest BCUT2D eigenvalue weighted by molar-refractivity contribution is -0.549. The second-order valence-corrected chi connectivity index (χ2v) is 18.2. The molecule has 0 saturated carbocycles. The summed E-state index contributed by atoms with van der Waals surface area (Å²) in [7, 11) is 31.8. The fraction of sp³-hybridized carbons (Fsp3) is 1.00. The molecule has 0 spiro atoms. The van der Waals surface area contributed by atoms with E-state index in [4.69, 9.17) is 0 Å². The van der Waals surface area contributed by atoms with Gasteiger partial charge in [0.1, 0.15) is 0 Å². The summed E-state index contributed by atoms with van der Waals surface area (Å²) in [6.45, 7) is -3.53. The standard InChI is InChI=1S/3C6H18N3S.CHF2O4Si/c3*1-7(2)10(8(3)4)9(5)6;2-1(3)7-8(4,5)6/h3*1-6H3;1H/q3*+1;-3. The van der Waals surface area contributed by atoms with Crippen LogP contribution < -0.4 is 14.4 Å². The molecule has 19 heteroatoms. The number of rotatable bonds is 11. The molecule has 236 valence electrons. The molecule has 0 unspecified atom stereocenters. The maximum atomic E-state index is 10.7. The summed E-state index contributed by atoms with van der Waals surface area (Å²) < 4.78 is 43.8. The van der Waals surface area contributed by atoms with Crippen LogP contribution in [0.1, 0.15) is 0 Å². The lowest BCUT2D eigenvalue weighted by atomic mass is 11.2. The first-order chi connectivity index (χ1) is 16.8. The molecular weight excluding hydrogens is 581 g/mol. The van der Waals surface area contributed by atoms with E-state index in [9.17, 15) is 23.2 Å². The molecule has 0 amide bonds. The Bertz CT molecular complexity index is 440. The van der Waals surface area contributed by atoms with Crippen molar-refractivity contribution in [3.63, 3.8) is 0 Å². The summed E-state index contributed by atoms with van der Waals surface area (Å²) >= 11 is 0.361. The van der Waals surface area contributed by atoms with Crippen molar-refractivity contribution in [2.45, 2.75) is 6.61 Å². The molecule has 0 heterocycles. The summed E-state index contributed by atoms with van der Waals surface area (Å²) in [6.07, 6.45) is 0. The van der Waals surface area contributed by atoms with Gasteiger partial charge in [-0.05, 0) is 0 Å². The number of nitrogens with zero attached hydrogens (tertiary/aromatic N) is 9. The topological polar surface area (TPSA) is 108 Å². The molecule has 0 aliphatic rings. The van der Waals surface area contributed by atoms with Gasteiger partial charge in [-0.3, -0.25) is 0 Å². The van der Waals surface area contributed by atoms with Gasteiger partial charge in [-0.1, -0.05) is 38.7 Å². The van der Waals surface area contributed by atoms with Crippen LogP contribution in [0.25, 0.3) is 0 Å². The van der Waals surface area contributed by atoms with Crippen molar-refractivity contribution < 1.29 is 27.6 Å². The third kappa shape index (κ3) is 26.8. The quantitative estimate of drug-likeness (QED) is 0.169. The second-order valence-electron chi connectivity index (χ2n) is 8.92. The summed E-state index contributed by atoms with van der Waals surface area (Å²) in [5.41, 5.74) is 0. The Kier molecular flexibility index (Phi) is 27.8. The molecule has 0 aromatic rings. The van der Waals surface area contributed by atoms with Crippen LogP contribution in [0.2, 0.25) is 0 Å². The maximum Gasteiger partial charge on any atom is 0.332 e. The Hall–Kier alpha value is 0.607. The molecule has 0 fully saturated rings. The Balaban J connectivity index is -0.000000204. The van der Waals surface area contributed by atoms with E-state index in [-0.39, 0.29) is 34.4 Å². The van der Waals surface area contributed by atoms with Crippen LogP contribution in [-0.2, 0) is 38.8 Å². The van der Waals surface area contributed by atoms with Gasteiger partial charge in [0.15, 0.2) is 0 Å². The molecule has 0 saturated heterocycles. The van der Waals surface area contributed by atoms with Gasteiger partial charge in [-0.25, -0.2) is 0 Å². The highest BCUT2D eigenvalue weighted by Crippen LogP contribution is 2.06. The highest BCUT2D eigenvalue weighted by molar-refractivity contribution is 7.90. The Morgan fingerprint density at radius 3 is 0.553 bits per heavy atom.